The molecule has 0 saturated carbocycles. The smallest absolute Gasteiger partial charge is 0.159 e. The molecule has 2 aromatic rings. The number of carbonyl (C=O) groups is 1. The van der Waals surface area contributed by atoms with Gasteiger partial charge in [-0.15, -0.1) is 0 Å². The first-order valence-corrected chi connectivity index (χ1v) is 5.93. The maximum absolute atomic E-state index is 11.4. The zero-order chi connectivity index (χ0) is 13.1. The Morgan fingerprint density at radius 3 is 2.06 bits per heavy atom. The zero-order valence-electron chi connectivity index (χ0n) is 10.9. The lowest BCUT2D eigenvalue weighted by atomic mass is 10.0. The average Bonchev–Trinajstić information content (AvgIpc) is 2.34. The minimum Gasteiger partial charge on any atom is -0.457 e. The van der Waals surface area contributed by atoms with Gasteiger partial charge in [-0.2, -0.15) is 0 Å². The summed E-state index contributed by atoms with van der Waals surface area (Å²) in [4.78, 5) is 11.4. The van der Waals surface area contributed by atoms with E-state index in [9.17, 15) is 4.79 Å². The van der Waals surface area contributed by atoms with E-state index in [4.69, 9.17) is 4.74 Å². The van der Waals surface area contributed by atoms with Crippen LogP contribution >= 0.6 is 0 Å². The molecule has 0 radical (unpaired) electrons. The molecule has 0 spiro atoms. The van der Waals surface area contributed by atoms with E-state index in [1.807, 2.05) is 56.3 Å². The van der Waals surface area contributed by atoms with Crippen LogP contribution in [0.5, 0.6) is 11.5 Å². The number of ether oxygens (including phenoxy) is 1. The molecule has 2 aromatic carbocycles. The van der Waals surface area contributed by atoms with Gasteiger partial charge >= 0.3 is 0 Å². The first-order valence-electron chi connectivity index (χ1n) is 5.93. The van der Waals surface area contributed by atoms with Crippen molar-refractivity contribution in [3.63, 3.8) is 0 Å². The topological polar surface area (TPSA) is 26.3 Å². The van der Waals surface area contributed by atoms with Crippen LogP contribution in [0.4, 0.5) is 0 Å². The maximum Gasteiger partial charge on any atom is 0.159 e. The highest BCUT2D eigenvalue weighted by atomic mass is 16.5. The quantitative estimate of drug-likeness (QED) is 0.748. The predicted molar refractivity (Wildman–Crippen MR) is 72.4 cm³/mol. The molecule has 0 heterocycles. The summed E-state index contributed by atoms with van der Waals surface area (Å²) in [5.74, 6) is 1.71. The van der Waals surface area contributed by atoms with Crippen LogP contribution in [0, 0.1) is 13.8 Å². The molecule has 92 valence electrons. The largest absolute Gasteiger partial charge is 0.457 e. The fourth-order valence-corrected chi connectivity index (χ4v) is 1.92. The van der Waals surface area contributed by atoms with Crippen molar-refractivity contribution < 1.29 is 9.53 Å². The molecule has 0 amide bonds. The second kappa shape index (κ2) is 5.05. The average molecular weight is 240 g/mol. The normalized spacial score (nSPS) is 10.2. The SMILES string of the molecule is CC(=O)c1cc(C)c(Oc2ccccc2)c(C)c1. The number of benzene rings is 2. The number of aryl methyl sites for hydroxylation is 2. The predicted octanol–water partition coefficient (Wildman–Crippen LogP) is 4.30. The van der Waals surface area contributed by atoms with E-state index in [0.29, 0.717) is 0 Å². The Hall–Kier alpha value is -2.09. The summed E-state index contributed by atoms with van der Waals surface area (Å²) < 4.78 is 5.86. The molecule has 0 bridgehead atoms. The number of Topliss-reactive ketones (excluding diaryl/α,β-unsaturated/α-hetero) is 1. The standard InChI is InChI=1S/C16H16O2/c1-11-9-14(13(3)17)10-12(2)16(11)18-15-7-5-4-6-8-15/h4-10H,1-3H3. The minimum absolute atomic E-state index is 0.0764. The third kappa shape index (κ3) is 2.59. The van der Waals surface area contributed by atoms with E-state index in [1.165, 1.54) is 0 Å². The van der Waals surface area contributed by atoms with Gasteiger partial charge in [0.05, 0.1) is 0 Å². The number of hydrogen-bond acceptors (Lipinski definition) is 2. The fraction of sp³-hybridized carbons (Fsp3) is 0.188. The van der Waals surface area contributed by atoms with E-state index in [-0.39, 0.29) is 5.78 Å². The lowest BCUT2D eigenvalue weighted by Gasteiger charge is -2.13. The molecule has 0 unspecified atom stereocenters. The summed E-state index contributed by atoms with van der Waals surface area (Å²) in [6, 6.07) is 13.4. The zero-order valence-corrected chi connectivity index (χ0v) is 10.9. The van der Waals surface area contributed by atoms with Gasteiger partial charge in [0.1, 0.15) is 11.5 Å². The van der Waals surface area contributed by atoms with Gasteiger partial charge in [0, 0.05) is 5.56 Å². The molecule has 0 aliphatic rings. The molecule has 0 aliphatic heterocycles. The maximum atomic E-state index is 11.4. The molecule has 0 N–H and O–H groups in total. The Kier molecular flexibility index (Phi) is 3.47. The Morgan fingerprint density at radius 1 is 1.00 bits per heavy atom. The molecule has 0 fully saturated rings. The Morgan fingerprint density at radius 2 is 1.56 bits per heavy atom. The summed E-state index contributed by atoms with van der Waals surface area (Å²) in [6.45, 7) is 5.49. The van der Waals surface area contributed by atoms with Crippen LogP contribution in [-0.2, 0) is 0 Å². The molecule has 2 rings (SSSR count). The van der Waals surface area contributed by atoms with Crippen molar-refractivity contribution in [2.75, 3.05) is 0 Å². The monoisotopic (exact) mass is 240 g/mol. The van der Waals surface area contributed by atoms with Crippen LogP contribution in [0.15, 0.2) is 42.5 Å². The molecule has 18 heavy (non-hydrogen) atoms. The van der Waals surface area contributed by atoms with E-state index >= 15 is 0 Å². The number of carbonyl (C=O) groups excluding carboxylic acids is 1. The summed E-state index contributed by atoms with van der Waals surface area (Å²) >= 11 is 0. The van der Waals surface area contributed by atoms with Crippen LogP contribution in [-0.4, -0.2) is 5.78 Å². The summed E-state index contributed by atoms with van der Waals surface area (Å²) in [7, 11) is 0. The number of para-hydroxylation sites is 1. The molecule has 0 saturated heterocycles. The van der Waals surface area contributed by atoms with E-state index < -0.39 is 0 Å². The lowest BCUT2D eigenvalue weighted by Crippen LogP contribution is -1.97. The van der Waals surface area contributed by atoms with Crippen LogP contribution in [0.1, 0.15) is 28.4 Å². The Bertz CT molecular complexity index is 548. The van der Waals surface area contributed by atoms with Crippen molar-refractivity contribution in [3.8, 4) is 11.5 Å². The van der Waals surface area contributed by atoms with Crippen LogP contribution in [0.25, 0.3) is 0 Å². The molecular formula is C16H16O2. The summed E-state index contributed by atoms with van der Waals surface area (Å²) in [5, 5.41) is 0. The van der Waals surface area contributed by atoms with Crippen molar-refractivity contribution in [2.45, 2.75) is 20.8 Å². The molecule has 2 nitrogen and oxygen atoms in total. The van der Waals surface area contributed by atoms with Crippen molar-refractivity contribution in [3.05, 3.63) is 59.2 Å². The van der Waals surface area contributed by atoms with Gasteiger partial charge in [0.2, 0.25) is 0 Å². The van der Waals surface area contributed by atoms with Crippen LogP contribution in [0.3, 0.4) is 0 Å². The third-order valence-electron chi connectivity index (χ3n) is 2.83. The van der Waals surface area contributed by atoms with Crippen LogP contribution < -0.4 is 4.74 Å². The Balaban J connectivity index is 2.37. The van der Waals surface area contributed by atoms with E-state index in [2.05, 4.69) is 0 Å². The minimum atomic E-state index is 0.0764. The highest BCUT2D eigenvalue weighted by molar-refractivity contribution is 5.94. The second-order valence-electron chi connectivity index (χ2n) is 4.41. The second-order valence-corrected chi connectivity index (χ2v) is 4.41. The molecule has 2 heteroatoms. The number of ketones is 1. The number of rotatable bonds is 3. The van der Waals surface area contributed by atoms with Gasteiger partial charge in [-0.05, 0) is 56.2 Å². The first kappa shape index (κ1) is 12.4. The summed E-state index contributed by atoms with van der Waals surface area (Å²) in [6.07, 6.45) is 0. The van der Waals surface area contributed by atoms with E-state index in [0.717, 1.165) is 28.2 Å². The van der Waals surface area contributed by atoms with Gasteiger partial charge in [0.15, 0.2) is 5.78 Å². The van der Waals surface area contributed by atoms with Crippen molar-refractivity contribution in [1.29, 1.82) is 0 Å². The fourth-order valence-electron chi connectivity index (χ4n) is 1.92. The summed E-state index contributed by atoms with van der Waals surface area (Å²) in [5.41, 5.74) is 2.68. The van der Waals surface area contributed by atoms with Gasteiger partial charge in [0.25, 0.3) is 0 Å². The number of hydrogen-bond donors (Lipinski definition) is 0. The third-order valence-corrected chi connectivity index (χ3v) is 2.83. The van der Waals surface area contributed by atoms with Crippen molar-refractivity contribution >= 4 is 5.78 Å². The van der Waals surface area contributed by atoms with Crippen LogP contribution in [0.2, 0.25) is 0 Å². The highest BCUT2D eigenvalue weighted by Gasteiger charge is 2.09. The Labute approximate surface area is 107 Å². The molecule has 0 aromatic heterocycles. The van der Waals surface area contributed by atoms with Gasteiger partial charge < -0.3 is 4.74 Å². The molecule has 0 aliphatic carbocycles. The molecular weight excluding hydrogens is 224 g/mol. The van der Waals surface area contributed by atoms with E-state index in [1.54, 1.807) is 6.92 Å². The lowest BCUT2D eigenvalue weighted by molar-refractivity contribution is 0.101. The highest BCUT2D eigenvalue weighted by Crippen LogP contribution is 2.29. The van der Waals surface area contributed by atoms with Crippen molar-refractivity contribution in [2.24, 2.45) is 0 Å². The van der Waals surface area contributed by atoms with Gasteiger partial charge in [-0.1, -0.05) is 18.2 Å². The first-order chi connectivity index (χ1) is 8.58. The van der Waals surface area contributed by atoms with Gasteiger partial charge in [-0.25, -0.2) is 0 Å². The molecule has 0 atom stereocenters. The van der Waals surface area contributed by atoms with Gasteiger partial charge in [-0.3, -0.25) is 4.79 Å². The van der Waals surface area contributed by atoms with Crippen molar-refractivity contribution in [1.82, 2.24) is 0 Å².